The van der Waals surface area contributed by atoms with Crippen LogP contribution in [0.1, 0.15) is 33.6 Å². The zero-order valence-corrected chi connectivity index (χ0v) is 12.6. The van der Waals surface area contributed by atoms with Gasteiger partial charge < -0.3 is 20.3 Å². The molecule has 0 spiro atoms. The summed E-state index contributed by atoms with van der Waals surface area (Å²) in [4.78, 5) is 25.6. The first-order valence-corrected chi connectivity index (χ1v) is 7.32. The molecule has 2 aliphatic rings. The Morgan fingerprint density at radius 2 is 2.25 bits per heavy atom. The third-order valence-electron chi connectivity index (χ3n) is 4.02. The molecule has 0 aliphatic carbocycles. The Hall–Kier alpha value is -1.30. The number of rotatable bonds is 1. The molecule has 2 aliphatic heterocycles. The van der Waals surface area contributed by atoms with Crippen LogP contribution in [0, 0.1) is 5.92 Å². The van der Waals surface area contributed by atoms with E-state index in [2.05, 4.69) is 17.6 Å². The van der Waals surface area contributed by atoms with E-state index in [1.54, 1.807) is 0 Å². The minimum Gasteiger partial charge on any atom is -0.379 e. The summed E-state index contributed by atoms with van der Waals surface area (Å²) in [7, 11) is 0. The van der Waals surface area contributed by atoms with Crippen molar-refractivity contribution >= 4 is 11.9 Å². The SMILES string of the molecule is CC1COCCN(C(=O)NC2CCC(=O)NC2(C)C)C1. The van der Waals surface area contributed by atoms with E-state index in [1.807, 2.05) is 18.7 Å². The first-order valence-electron chi connectivity index (χ1n) is 7.32. The summed E-state index contributed by atoms with van der Waals surface area (Å²) >= 11 is 0. The number of urea groups is 1. The molecule has 3 amide bonds. The average Bonchev–Trinajstić information content (AvgIpc) is 2.56. The Labute approximate surface area is 120 Å². The molecule has 0 radical (unpaired) electrons. The highest BCUT2D eigenvalue weighted by atomic mass is 16.5. The topological polar surface area (TPSA) is 70.7 Å². The fourth-order valence-corrected chi connectivity index (χ4v) is 2.80. The normalized spacial score (nSPS) is 30.4. The fraction of sp³-hybridized carbons (Fsp3) is 0.857. The lowest BCUT2D eigenvalue weighted by Gasteiger charge is -2.40. The second kappa shape index (κ2) is 5.99. The van der Waals surface area contributed by atoms with Crippen LogP contribution in [0.2, 0.25) is 0 Å². The second-order valence-corrected chi connectivity index (χ2v) is 6.44. The number of nitrogens with zero attached hydrogens (tertiary/aromatic N) is 1. The standard InChI is InChI=1S/C14H25N3O3/c1-10-8-17(6-7-20-9-10)13(19)15-11-4-5-12(18)16-14(11,2)3/h10-11H,4-9H2,1-3H3,(H,15,19)(H,16,18). The van der Waals surface area contributed by atoms with Crippen molar-refractivity contribution < 1.29 is 14.3 Å². The van der Waals surface area contributed by atoms with Crippen molar-refractivity contribution in [2.45, 2.75) is 45.2 Å². The van der Waals surface area contributed by atoms with E-state index in [-0.39, 0.29) is 18.0 Å². The minimum atomic E-state index is -0.404. The van der Waals surface area contributed by atoms with E-state index >= 15 is 0 Å². The summed E-state index contributed by atoms with van der Waals surface area (Å²) in [6.45, 7) is 8.60. The Bertz CT molecular complexity index is 384. The number of hydrogen-bond acceptors (Lipinski definition) is 3. The maximum absolute atomic E-state index is 12.4. The third kappa shape index (κ3) is 3.62. The van der Waals surface area contributed by atoms with Crippen LogP contribution >= 0.6 is 0 Å². The zero-order chi connectivity index (χ0) is 14.8. The van der Waals surface area contributed by atoms with Gasteiger partial charge >= 0.3 is 6.03 Å². The van der Waals surface area contributed by atoms with Crippen molar-refractivity contribution in [3.05, 3.63) is 0 Å². The highest BCUT2D eigenvalue weighted by Gasteiger charge is 2.37. The van der Waals surface area contributed by atoms with Gasteiger partial charge in [0.15, 0.2) is 0 Å². The maximum atomic E-state index is 12.4. The van der Waals surface area contributed by atoms with E-state index in [0.29, 0.717) is 45.1 Å². The average molecular weight is 283 g/mol. The minimum absolute atomic E-state index is 0.0350. The van der Waals surface area contributed by atoms with Crippen molar-refractivity contribution in [3.8, 4) is 0 Å². The first-order chi connectivity index (χ1) is 9.38. The molecule has 6 heteroatoms. The number of nitrogens with one attached hydrogen (secondary N) is 2. The number of piperidine rings is 1. The van der Waals surface area contributed by atoms with Crippen LogP contribution in [0.4, 0.5) is 4.79 Å². The van der Waals surface area contributed by atoms with Crippen molar-refractivity contribution in [3.63, 3.8) is 0 Å². The Morgan fingerprint density at radius 3 is 2.95 bits per heavy atom. The molecule has 2 heterocycles. The Balaban J connectivity index is 1.94. The van der Waals surface area contributed by atoms with E-state index in [0.717, 1.165) is 0 Å². The van der Waals surface area contributed by atoms with Crippen molar-refractivity contribution in [1.82, 2.24) is 15.5 Å². The molecule has 2 N–H and O–H groups in total. The highest BCUT2D eigenvalue weighted by molar-refractivity contribution is 5.79. The van der Waals surface area contributed by atoms with Gasteiger partial charge in [0.2, 0.25) is 5.91 Å². The Morgan fingerprint density at radius 1 is 1.50 bits per heavy atom. The number of ether oxygens (including phenoxy) is 1. The molecule has 0 aromatic carbocycles. The van der Waals surface area contributed by atoms with Crippen LogP contribution in [0.25, 0.3) is 0 Å². The van der Waals surface area contributed by atoms with Crippen LogP contribution < -0.4 is 10.6 Å². The largest absolute Gasteiger partial charge is 0.379 e. The third-order valence-corrected chi connectivity index (χ3v) is 4.02. The van der Waals surface area contributed by atoms with Crippen LogP contribution in [0.15, 0.2) is 0 Å². The lowest BCUT2D eigenvalue weighted by atomic mass is 9.87. The van der Waals surface area contributed by atoms with E-state index in [1.165, 1.54) is 0 Å². The molecule has 6 nitrogen and oxygen atoms in total. The van der Waals surface area contributed by atoms with Crippen molar-refractivity contribution in [2.75, 3.05) is 26.3 Å². The summed E-state index contributed by atoms with van der Waals surface area (Å²) in [5, 5.41) is 6.00. The maximum Gasteiger partial charge on any atom is 0.317 e. The van der Waals surface area contributed by atoms with Gasteiger partial charge in [0.25, 0.3) is 0 Å². The lowest BCUT2D eigenvalue weighted by molar-refractivity contribution is -0.125. The fourth-order valence-electron chi connectivity index (χ4n) is 2.80. The summed E-state index contributed by atoms with van der Waals surface area (Å²) in [5.41, 5.74) is -0.404. The number of carbonyl (C=O) groups excluding carboxylic acids is 2. The monoisotopic (exact) mass is 283 g/mol. The van der Waals surface area contributed by atoms with Gasteiger partial charge in [-0.1, -0.05) is 6.92 Å². The summed E-state index contributed by atoms with van der Waals surface area (Å²) in [5.74, 6) is 0.402. The predicted octanol–water partition coefficient (Wildman–Crippen LogP) is 0.722. The zero-order valence-electron chi connectivity index (χ0n) is 12.6. The molecule has 114 valence electrons. The van der Waals surface area contributed by atoms with E-state index in [4.69, 9.17) is 4.74 Å². The van der Waals surface area contributed by atoms with E-state index < -0.39 is 5.54 Å². The molecular weight excluding hydrogens is 258 g/mol. The molecule has 2 atom stereocenters. The molecule has 0 aromatic rings. The number of amides is 3. The molecule has 0 saturated carbocycles. The van der Waals surface area contributed by atoms with Crippen molar-refractivity contribution in [1.29, 1.82) is 0 Å². The molecule has 0 bridgehead atoms. The molecule has 2 unspecified atom stereocenters. The molecule has 2 rings (SSSR count). The smallest absolute Gasteiger partial charge is 0.317 e. The number of hydrogen-bond donors (Lipinski definition) is 2. The summed E-state index contributed by atoms with van der Waals surface area (Å²) in [6, 6.07) is -0.0937. The molecular formula is C14H25N3O3. The van der Waals surface area contributed by atoms with Crippen molar-refractivity contribution in [2.24, 2.45) is 5.92 Å². The van der Waals surface area contributed by atoms with Crippen LogP contribution in [-0.4, -0.2) is 54.7 Å². The summed E-state index contributed by atoms with van der Waals surface area (Å²) < 4.78 is 5.45. The van der Waals surface area contributed by atoms with Gasteiger partial charge in [0, 0.05) is 19.5 Å². The van der Waals surface area contributed by atoms with Gasteiger partial charge in [0.1, 0.15) is 0 Å². The quantitative estimate of drug-likeness (QED) is 0.745. The van der Waals surface area contributed by atoms with Gasteiger partial charge in [-0.25, -0.2) is 4.79 Å². The highest BCUT2D eigenvalue weighted by Crippen LogP contribution is 2.20. The van der Waals surface area contributed by atoms with Crippen LogP contribution in [0.5, 0.6) is 0 Å². The first kappa shape index (κ1) is 15.1. The molecule has 0 aromatic heterocycles. The van der Waals surface area contributed by atoms with Gasteiger partial charge in [-0.05, 0) is 26.2 Å². The summed E-state index contributed by atoms with van der Waals surface area (Å²) in [6.07, 6.45) is 1.15. The number of carbonyl (C=O) groups is 2. The molecule has 2 saturated heterocycles. The lowest BCUT2D eigenvalue weighted by Crippen LogP contribution is -2.63. The van der Waals surface area contributed by atoms with Gasteiger partial charge in [-0.3, -0.25) is 4.79 Å². The van der Waals surface area contributed by atoms with Crippen LogP contribution in [0.3, 0.4) is 0 Å². The predicted molar refractivity (Wildman–Crippen MR) is 75.3 cm³/mol. The molecule has 2 fully saturated rings. The van der Waals surface area contributed by atoms with Crippen LogP contribution in [-0.2, 0) is 9.53 Å². The van der Waals surface area contributed by atoms with E-state index in [9.17, 15) is 9.59 Å². The molecule has 20 heavy (non-hydrogen) atoms. The Kier molecular flexibility index (Phi) is 4.52. The second-order valence-electron chi connectivity index (χ2n) is 6.44. The van der Waals surface area contributed by atoms with Gasteiger partial charge in [0.05, 0.1) is 24.8 Å². The van der Waals surface area contributed by atoms with Gasteiger partial charge in [-0.2, -0.15) is 0 Å². The van der Waals surface area contributed by atoms with Gasteiger partial charge in [-0.15, -0.1) is 0 Å².